The lowest BCUT2D eigenvalue weighted by Crippen LogP contribution is -2.35. The van der Waals surface area contributed by atoms with Gasteiger partial charge in [0.15, 0.2) is 0 Å². The molecule has 0 spiro atoms. The van der Waals surface area contributed by atoms with E-state index in [1.165, 1.54) is 0 Å². The summed E-state index contributed by atoms with van der Waals surface area (Å²) in [7, 11) is -4.59. The summed E-state index contributed by atoms with van der Waals surface area (Å²) in [4.78, 5) is 12.2. The molecule has 2 aromatic carbocycles. The molecule has 3 rings (SSSR count). The number of carbonyl (C=O) groups is 1. The minimum atomic E-state index is -4.72. The molecular weight excluding hydrogens is 449 g/mol. The van der Waals surface area contributed by atoms with Crippen molar-refractivity contribution < 1.29 is 40.4 Å². The molecule has 0 bridgehead atoms. The molecular formula is C22H22F3O6S-. The number of benzene rings is 2. The summed E-state index contributed by atoms with van der Waals surface area (Å²) in [6.07, 6.45) is -3.23. The molecule has 1 unspecified atom stereocenters. The number of rotatable bonds is 7. The van der Waals surface area contributed by atoms with Gasteiger partial charge in [-0.15, -0.1) is 0 Å². The number of esters is 1. The first-order valence-corrected chi connectivity index (χ1v) is 11.4. The van der Waals surface area contributed by atoms with Gasteiger partial charge in [0.1, 0.15) is 18.0 Å². The van der Waals surface area contributed by atoms with Crippen LogP contribution in [0.5, 0.6) is 5.75 Å². The molecule has 2 aromatic rings. The fourth-order valence-corrected chi connectivity index (χ4v) is 4.21. The smallest absolute Gasteiger partial charge is 0.419 e. The Morgan fingerprint density at radius 2 is 1.84 bits per heavy atom. The molecule has 1 atom stereocenters. The van der Waals surface area contributed by atoms with Gasteiger partial charge in [-0.2, -0.15) is 13.2 Å². The Kier molecular flexibility index (Phi) is 6.57. The molecule has 0 fully saturated rings. The maximum atomic E-state index is 13.6. The van der Waals surface area contributed by atoms with Crippen LogP contribution in [0.25, 0.3) is 0 Å². The lowest BCUT2D eigenvalue weighted by Gasteiger charge is -2.34. The minimum absolute atomic E-state index is 0.155. The Morgan fingerprint density at radius 1 is 1.16 bits per heavy atom. The molecule has 0 amide bonds. The van der Waals surface area contributed by atoms with Crippen LogP contribution in [-0.4, -0.2) is 36.9 Å². The zero-order valence-corrected chi connectivity index (χ0v) is 18.3. The van der Waals surface area contributed by atoms with Gasteiger partial charge in [-0.1, -0.05) is 24.3 Å². The van der Waals surface area contributed by atoms with E-state index in [-0.39, 0.29) is 11.5 Å². The summed E-state index contributed by atoms with van der Waals surface area (Å²) >= 11 is 0. The van der Waals surface area contributed by atoms with Gasteiger partial charge < -0.3 is 14.0 Å². The Hall–Kier alpha value is -2.59. The predicted octanol–water partition coefficient (Wildman–Crippen LogP) is 4.29. The zero-order valence-electron chi connectivity index (χ0n) is 17.4. The maximum Gasteiger partial charge on any atom is 0.419 e. The normalized spacial score (nSPS) is 16.5. The quantitative estimate of drug-likeness (QED) is 0.442. The van der Waals surface area contributed by atoms with Crippen LogP contribution in [0.3, 0.4) is 0 Å². The number of aryl methyl sites for hydroxylation is 1. The van der Waals surface area contributed by atoms with Crippen LogP contribution in [0.2, 0.25) is 0 Å². The van der Waals surface area contributed by atoms with Crippen LogP contribution in [0, 0.1) is 0 Å². The first kappa shape index (κ1) is 24.1. The average molecular weight is 471 g/mol. The number of hydrogen-bond acceptors (Lipinski definition) is 6. The van der Waals surface area contributed by atoms with Gasteiger partial charge in [-0.3, -0.25) is 0 Å². The van der Waals surface area contributed by atoms with Crippen molar-refractivity contribution in [1.29, 1.82) is 0 Å². The van der Waals surface area contributed by atoms with Crippen LogP contribution in [-0.2, 0) is 27.5 Å². The lowest BCUT2D eigenvalue weighted by molar-refractivity contribution is -0.140. The molecule has 1 aliphatic rings. The molecule has 0 N–H and O–H groups in total. The highest BCUT2D eigenvalue weighted by Crippen LogP contribution is 2.45. The van der Waals surface area contributed by atoms with Gasteiger partial charge in [-0.05, 0) is 56.0 Å². The molecule has 0 radical (unpaired) electrons. The van der Waals surface area contributed by atoms with Crippen molar-refractivity contribution in [3.8, 4) is 5.75 Å². The molecule has 0 aliphatic heterocycles. The second kappa shape index (κ2) is 8.74. The first-order valence-electron chi connectivity index (χ1n) is 9.87. The molecule has 174 valence electrons. The van der Waals surface area contributed by atoms with E-state index < -0.39 is 51.5 Å². The van der Waals surface area contributed by atoms with Gasteiger partial charge in [0.25, 0.3) is 0 Å². The van der Waals surface area contributed by atoms with E-state index in [4.69, 9.17) is 9.47 Å². The van der Waals surface area contributed by atoms with E-state index >= 15 is 0 Å². The van der Waals surface area contributed by atoms with Gasteiger partial charge in [-0.25, -0.2) is 13.2 Å². The van der Waals surface area contributed by atoms with Crippen molar-refractivity contribution in [3.05, 3.63) is 64.7 Å². The Labute approximate surface area is 184 Å². The van der Waals surface area contributed by atoms with Crippen LogP contribution >= 0.6 is 0 Å². The largest absolute Gasteiger partial charge is 0.748 e. The number of hydrogen-bond donors (Lipinski definition) is 0. The van der Waals surface area contributed by atoms with Crippen LogP contribution in [0.1, 0.15) is 53.2 Å². The Balaban J connectivity index is 1.88. The number of alkyl halides is 3. The second-order valence-corrected chi connectivity index (χ2v) is 9.63. The van der Waals surface area contributed by atoms with Gasteiger partial charge in [0.05, 0.1) is 27.0 Å². The third-order valence-corrected chi connectivity index (χ3v) is 6.10. The van der Waals surface area contributed by atoms with Crippen LogP contribution in [0.4, 0.5) is 13.2 Å². The summed E-state index contributed by atoms with van der Waals surface area (Å²) < 4.78 is 83.3. The van der Waals surface area contributed by atoms with E-state index in [1.807, 2.05) is 24.3 Å². The zero-order chi connectivity index (χ0) is 23.7. The van der Waals surface area contributed by atoms with E-state index in [9.17, 15) is 30.9 Å². The van der Waals surface area contributed by atoms with Crippen molar-refractivity contribution in [2.45, 2.75) is 44.4 Å². The number of carbonyl (C=O) groups excluding carboxylic acids is 1. The molecule has 6 nitrogen and oxygen atoms in total. The molecule has 0 aromatic heterocycles. The number of fused-ring (bicyclic) bond motifs is 1. The topological polar surface area (TPSA) is 92.7 Å². The Morgan fingerprint density at radius 3 is 2.50 bits per heavy atom. The minimum Gasteiger partial charge on any atom is -0.748 e. The molecule has 1 aliphatic carbocycles. The summed E-state index contributed by atoms with van der Waals surface area (Å²) in [5, 5.41) is 0. The predicted molar refractivity (Wildman–Crippen MR) is 109 cm³/mol. The van der Waals surface area contributed by atoms with E-state index in [0.29, 0.717) is 6.42 Å². The highest BCUT2D eigenvalue weighted by Gasteiger charge is 2.41. The third-order valence-electron chi connectivity index (χ3n) is 5.43. The van der Waals surface area contributed by atoms with Crippen molar-refractivity contribution >= 4 is 16.1 Å². The standard InChI is InChI=1S/C22H23F3O6S/c1-21(2,17-9-7-14-5-3-4-6-16(14)17)31-19-13-15(8-10-18(19)22(23,24)25)20(26)30-11-12-32(27,28)29/h3-6,8,10,13,17H,7,9,11-12H2,1-2H3,(H,27,28,29)/p-1. The number of ether oxygens (including phenoxy) is 2. The molecule has 10 heteroatoms. The van der Waals surface area contributed by atoms with Crippen molar-refractivity contribution in [2.24, 2.45) is 0 Å². The first-order chi connectivity index (χ1) is 14.8. The highest BCUT2D eigenvalue weighted by molar-refractivity contribution is 7.85. The monoisotopic (exact) mass is 471 g/mol. The fourth-order valence-electron chi connectivity index (χ4n) is 3.92. The van der Waals surface area contributed by atoms with E-state index in [2.05, 4.69) is 0 Å². The van der Waals surface area contributed by atoms with E-state index in [1.54, 1.807) is 13.8 Å². The molecule has 32 heavy (non-hydrogen) atoms. The fraction of sp³-hybridized carbons (Fsp3) is 0.409. The van der Waals surface area contributed by atoms with Gasteiger partial charge in [0.2, 0.25) is 0 Å². The molecule has 0 heterocycles. The average Bonchev–Trinajstić information content (AvgIpc) is 3.10. The number of halogens is 3. The van der Waals surface area contributed by atoms with Crippen molar-refractivity contribution in [3.63, 3.8) is 0 Å². The summed E-state index contributed by atoms with van der Waals surface area (Å²) in [5.74, 6) is -2.68. The van der Waals surface area contributed by atoms with Crippen LogP contribution in [0.15, 0.2) is 42.5 Å². The second-order valence-electron chi connectivity index (χ2n) is 8.10. The van der Waals surface area contributed by atoms with Crippen molar-refractivity contribution in [1.82, 2.24) is 0 Å². The van der Waals surface area contributed by atoms with E-state index in [0.717, 1.165) is 35.7 Å². The van der Waals surface area contributed by atoms with Crippen LogP contribution < -0.4 is 4.74 Å². The summed E-state index contributed by atoms with van der Waals surface area (Å²) in [6.45, 7) is 2.69. The SMILES string of the molecule is CC(C)(Oc1cc(C(=O)OCCS(=O)(=O)[O-])ccc1C(F)(F)F)C1CCc2ccccc21. The summed E-state index contributed by atoms with van der Waals surface area (Å²) in [5.41, 5.74) is -0.183. The maximum absolute atomic E-state index is 13.6. The van der Waals surface area contributed by atoms with Gasteiger partial charge in [0, 0.05) is 5.92 Å². The summed E-state index contributed by atoms with van der Waals surface area (Å²) in [6, 6.07) is 10.2. The van der Waals surface area contributed by atoms with Gasteiger partial charge >= 0.3 is 12.1 Å². The third kappa shape index (κ3) is 5.60. The van der Waals surface area contributed by atoms with Crippen molar-refractivity contribution in [2.75, 3.05) is 12.4 Å². The lowest BCUT2D eigenvalue weighted by atomic mass is 9.85. The molecule has 0 saturated heterocycles. The molecule has 0 saturated carbocycles. The Bertz CT molecular complexity index is 1110. The highest BCUT2D eigenvalue weighted by atomic mass is 32.2.